The molecule has 1 aromatic carbocycles. The Labute approximate surface area is 106 Å². The van der Waals surface area contributed by atoms with Crippen LogP contribution in [0.2, 0.25) is 5.02 Å². The Bertz CT molecular complexity index is 429. The van der Waals surface area contributed by atoms with Crippen LogP contribution in [-0.4, -0.2) is 30.1 Å². The summed E-state index contributed by atoms with van der Waals surface area (Å²) in [5, 5.41) is 9.54. The number of carbonyl (C=O) groups is 1. The largest absolute Gasteiger partial charge is 0.395 e. The number of nitrogens with zero attached hydrogens (tertiary/aromatic N) is 1. The van der Waals surface area contributed by atoms with Crippen molar-refractivity contribution in [1.29, 1.82) is 0 Å². The van der Waals surface area contributed by atoms with Crippen LogP contribution in [-0.2, 0) is 0 Å². The summed E-state index contributed by atoms with van der Waals surface area (Å²) in [6.07, 6.45) is 2.32. The quantitative estimate of drug-likeness (QED) is 0.820. The van der Waals surface area contributed by atoms with Crippen molar-refractivity contribution in [3.8, 4) is 0 Å². The van der Waals surface area contributed by atoms with Crippen LogP contribution in [0.25, 0.3) is 0 Å². The Balaban J connectivity index is 2.25. The fourth-order valence-electron chi connectivity index (χ4n) is 1.98. The minimum Gasteiger partial charge on any atom is -0.395 e. The molecular formula is C13H16ClNO2. The topological polar surface area (TPSA) is 40.5 Å². The average Bonchev–Trinajstić information content (AvgIpc) is 3.09. The van der Waals surface area contributed by atoms with Gasteiger partial charge in [0.2, 0.25) is 0 Å². The van der Waals surface area contributed by atoms with Crippen LogP contribution in [0.1, 0.15) is 30.1 Å². The molecule has 0 radical (unpaired) electrons. The van der Waals surface area contributed by atoms with Crippen LogP contribution in [0.5, 0.6) is 0 Å². The highest BCUT2D eigenvalue weighted by Gasteiger charge is 2.29. The number of benzene rings is 1. The molecule has 0 spiro atoms. The lowest BCUT2D eigenvalue weighted by atomic mass is 10.1. The fourth-order valence-corrected chi connectivity index (χ4v) is 2.29. The molecule has 17 heavy (non-hydrogen) atoms. The molecule has 4 heteroatoms. The zero-order chi connectivity index (χ0) is 12.4. The zero-order valence-corrected chi connectivity index (χ0v) is 10.6. The Morgan fingerprint density at radius 3 is 2.71 bits per heavy atom. The van der Waals surface area contributed by atoms with Gasteiger partial charge in [-0.15, -0.1) is 0 Å². The molecule has 0 aromatic heterocycles. The SMILES string of the molecule is CC(=O)c1ccc(N(CCO)C2CC2)cc1Cl. The minimum atomic E-state index is -0.0262. The molecule has 0 unspecified atom stereocenters. The second-order valence-electron chi connectivity index (χ2n) is 4.37. The summed E-state index contributed by atoms with van der Waals surface area (Å²) in [7, 11) is 0. The van der Waals surface area contributed by atoms with Gasteiger partial charge in [0.1, 0.15) is 0 Å². The molecule has 2 rings (SSSR count). The van der Waals surface area contributed by atoms with E-state index < -0.39 is 0 Å². The molecule has 1 aliphatic carbocycles. The van der Waals surface area contributed by atoms with E-state index in [0.717, 1.165) is 18.5 Å². The molecule has 3 nitrogen and oxygen atoms in total. The number of hydrogen-bond acceptors (Lipinski definition) is 3. The van der Waals surface area contributed by atoms with Gasteiger partial charge in [-0.05, 0) is 38.0 Å². The maximum Gasteiger partial charge on any atom is 0.161 e. The van der Waals surface area contributed by atoms with E-state index >= 15 is 0 Å². The number of anilines is 1. The van der Waals surface area contributed by atoms with Gasteiger partial charge in [0, 0.05) is 23.8 Å². The van der Waals surface area contributed by atoms with Crippen LogP contribution in [0, 0.1) is 0 Å². The normalized spacial score (nSPS) is 14.8. The number of hydrogen-bond donors (Lipinski definition) is 1. The van der Waals surface area contributed by atoms with Crippen molar-refractivity contribution in [1.82, 2.24) is 0 Å². The van der Waals surface area contributed by atoms with Crippen LogP contribution in [0.15, 0.2) is 18.2 Å². The van der Waals surface area contributed by atoms with E-state index in [0.29, 0.717) is 23.2 Å². The number of aliphatic hydroxyl groups is 1. The standard InChI is InChI=1S/C13H16ClNO2/c1-9(17)12-5-4-11(8-13(12)14)15(6-7-16)10-2-3-10/h4-5,8,10,16H,2-3,6-7H2,1H3. The maximum atomic E-state index is 11.3. The number of Topliss-reactive ketones (excluding diaryl/α,β-unsaturated/α-hetero) is 1. The molecule has 0 atom stereocenters. The van der Waals surface area contributed by atoms with Crippen molar-refractivity contribution < 1.29 is 9.90 Å². The molecule has 1 aliphatic rings. The number of ketones is 1. The summed E-state index contributed by atoms with van der Waals surface area (Å²) in [4.78, 5) is 13.4. The zero-order valence-electron chi connectivity index (χ0n) is 9.82. The van der Waals surface area contributed by atoms with E-state index in [-0.39, 0.29) is 12.4 Å². The third-order valence-electron chi connectivity index (χ3n) is 2.99. The number of aliphatic hydroxyl groups excluding tert-OH is 1. The molecule has 1 fully saturated rings. The van der Waals surface area contributed by atoms with Crippen molar-refractivity contribution in [2.75, 3.05) is 18.1 Å². The van der Waals surface area contributed by atoms with Crippen molar-refractivity contribution in [2.45, 2.75) is 25.8 Å². The Hall–Kier alpha value is -1.06. The van der Waals surface area contributed by atoms with Gasteiger partial charge in [-0.3, -0.25) is 4.79 Å². The molecule has 92 valence electrons. The van der Waals surface area contributed by atoms with Gasteiger partial charge in [-0.1, -0.05) is 11.6 Å². The summed E-state index contributed by atoms with van der Waals surface area (Å²) >= 11 is 6.08. The summed E-state index contributed by atoms with van der Waals surface area (Å²) in [6.45, 7) is 2.25. The molecule has 1 saturated carbocycles. The van der Waals surface area contributed by atoms with E-state index in [1.807, 2.05) is 12.1 Å². The maximum absolute atomic E-state index is 11.3. The van der Waals surface area contributed by atoms with Gasteiger partial charge in [-0.2, -0.15) is 0 Å². The van der Waals surface area contributed by atoms with Gasteiger partial charge in [0.15, 0.2) is 5.78 Å². The van der Waals surface area contributed by atoms with Crippen molar-refractivity contribution >= 4 is 23.1 Å². The smallest absolute Gasteiger partial charge is 0.161 e. The minimum absolute atomic E-state index is 0.0262. The molecule has 0 saturated heterocycles. The molecule has 0 bridgehead atoms. The predicted octanol–water partition coefficient (Wildman–Crippen LogP) is 2.50. The third kappa shape index (κ3) is 2.79. The van der Waals surface area contributed by atoms with Crippen LogP contribution in [0.3, 0.4) is 0 Å². The summed E-state index contributed by atoms with van der Waals surface area (Å²) in [6, 6.07) is 5.98. The van der Waals surface area contributed by atoms with Gasteiger partial charge in [0.25, 0.3) is 0 Å². The molecule has 1 N–H and O–H groups in total. The monoisotopic (exact) mass is 253 g/mol. The molecule has 0 amide bonds. The lowest BCUT2D eigenvalue weighted by Crippen LogP contribution is -2.28. The van der Waals surface area contributed by atoms with Crippen LogP contribution in [0.4, 0.5) is 5.69 Å². The highest BCUT2D eigenvalue weighted by molar-refractivity contribution is 6.34. The van der Waals surface area contributed by atoms with E-state index in [4.69, 9.17) is 16.7 Å². The first-order chi connectivity index (χ1) is 8.13. The molecule has 1 aromatic rings. The van der Waals surface area contributed by atoms with Gasteiger partial charge in [0.05, 0.1) is 11.6 Å². The van der Waals surface area contributed by atoms with E-state index in [1.165, 1.54) is 6.92 Å². The van der Waals surface area contributed by atoms with Gasteiger partial charge < -0.3 is 10.0 Å². The summed E-state index contributed by atoms with van der Waals surface area (Å²) in [5.74, 6) is -0.0262. The molecular weight excluding hydrogens is 238 g/mol. The summed E-state index contributed by atoms with van der Waals surface area (Å²) in [5.41, 5.74) is 1.53. The van der Waals surface area contributed by atoms with Crippen LogP contribution < -0.4 is 4.90 Å². The predicted molar refractivity (Wildman–Crippen MR) is 68.9 cm³/mol. The van der Waals surface area contributed by atoms with Crippen LogP contribution >= 0.6 is 11.6 Å². The fraction of sp³-hybridized carbons (Fsp3) is 0.462. The Kier molecular flexibility index (Phi) is 3.69. The Morgan fingerprint density at radius 1 is 1.53 bits per heavy atom. The average molecular weight is 254 g/mol. The second kappa shape index (κ2) is 5.07. The van der Waals surface area contributed by atoms with E-state index in [1.54, 1.807) is 6.07 Å². The second-order valence-corrected chi connectivity index (χ2v) is 4.78. The first kappa shape index (κ1) is 12.4. The lowest BCUT2D eigenvalue weighted by molar-refractivity contribution is 0.101. The van der Waals surface area contributed by atoms with Gasteiger partial charge in [-0.25, -0.2) is 0 Å². The first-order valence-corrected chi connectivity index (χ1v) is 6.19. The first-order valence-electron chi connectivity index (χ1n) is 5.81. The van der Waals surface area contributed by atoms with Crippen molar-refractivity contribution in [3.63, 3.8) is 0 Å². The highest BCUT2D eigenvalue weighted by Crippen LogP contribution is 2.33. The Morgan fingerprint density at radius 2 is 2.24 bits per heavy atom. The number of halogens is 1. The van der Waals surface area contributed by atoms with Crippen molar-refractivity contribution in [2.24, 2.45) is 0 Å². The third-order valence-corrected chi connectivity index (χ3v) is 3.30. The van der Waals surface area contributed by atoms with E-state index in [9.17, 15) is 4.79 Å². The number of rotatable bonds is 5. The molecule has 0 aliphatic heterocycles. The van der Waals surface area contributed by atoms with Gasteiger partial charge >= 0.3 is 0 Å². The lowest BCUT2D eigenvalue weighted by Gasteiger charge is -2.24. The summed E-state index contributed by atoms with van der Waals surface area (Å²) < 4.78 is 0. The number of carbonyl (C=O) groups excluding carboxylic acids is 1. The molecule has 0 heterocycles. The highest BCUT2D eigenvalue weighted by atomic mass is 35.5. The van der Waals surface area contributed by atoms with E-state index in [2.05, 4.69) is 4.90 Å². The van der Waals surface area contributed by atoms with Crippen molar-refractivity contribution in [3.05, 3.63) is 28.8 Å².